The van der Waals surface area contributed by atoms with Crippen molar-refractivity contribution in [3.8, 4) is 0 Å². The number of carboxylic acid groups (broad SMARTS) is 1. The second-order valence-corrected chi connectivity index (χ2v) is 5.94. The maximum Gasteiger partial charge on any atom is 0.310 e. The van der Waals surface area contributed by atoms with Crippen molar-refractivity contribution in [2.45, 2.75) is 64.1 Å². The zero-order chi connectivity index (χ0) is 14.4. The monoisotopic (exact) mass is 276 g/mol. The largest absolute Gasteiger partial charge is 0.481 e. The van der Waals surface area contributed by atoms with Gasteiger partial charge in [0.05, 0.1) is 18.1 Å². The molecule has 1 aromatic rings. The number of aromatic nitrogens is 2. The smallest absolute Gasteiger partial charge is 0.310 e. The van der Waals surface area contributed by atoms with Gasteiger partial charge in [0.15, 0.2) is 0 Å². The molecule has 2 saturated heterocycles. The normalized spacial score (nSPS) is 29.6. The Morgan fingerprint density at radius 2 is 1.95 bits per heavy atom. The number of ether oxygens (including phenoxy) is 1. The molecule has 3 rings (SSSR count). The van der Waals surface area contributed by atoms with Gasteiger partial charge in [0.25, 0.3) is 0 Å². The number of carboxylic acids is 1. The van der Waals surface area contributed by atoms with Crippen LogP contribution >= 0.6 is 0 Å². The highest BCUT2D eigenvalue weighted by molar-refractivity contribution is 5.76. The Kier molecular flexibility index (Phi) is 3.24. The molecule has 2 aliphatic rings. The first kappa shape index (κ1) is 13.5. The van der Waals surface area contributed by atoms with Gasteiger partial charge in [0.2, 0.25) is 0 Å². The lowest BCUT2D eigenvalue weighted by atomic mass is 9.88. The first-order valence-corrected chi connectivity index (χ1v) is 7.20. The molecule has 1 aromatic heterocycles. The summed E-state index contributed by atoms with van der Waals surface area (Å²) in [5.41, 5.74) is 2.31. The summed E-state index contributed by atoms with van der Waals surface area (Å²) in [5, 5.41) is 9.18. The minimum atomic E-state index is -0.837. The number of hydrogen-bond acceptors (Lipinski definition) is 4. The highest BCUT2D eigenvalue weighted by Gasteiger charge is 2.43. The van der Waals surface area contributed by atoms with E-state index in [1.165, 1.54) is 0 Å². The fourth-order valence-corrected chi connectivity index (χ4v) is 3.58. The molecule has 1 N–H and O–H groups in total. The Hall–Kier alpha value is -1.49. The third-order valence-electron chi connectivity index (χ3n) is 4.59. The number of rotatable bonds is 3. The van der Waals surface area contributed by atoms with Crippen LogP contribution < -0.4 is 0 Å². The maximum atomic E-state index is 11.2. The molecule has 5 nitrogen and oxygen atoms in total. The van der Waals surface area contributed by atoms with E-state index in [2.05, 4.69) is 9.97 Å². The van der Waals surface area contributed by atoms with Crippen molar-refractivity contribution in [1.82, 2.24) is 9.97 Å². The van der Waals surface area contributed by atoms with E-state index in [4.69, 9.17) is 4.74 Å². The Bertz CT molecular complexity index is 535. The SMILES string of the molecule is Cc1nc(C2CC3CCC2O3)nc(C)c1C(C)C(=O)O. The van der Waals surface area contributed by atoms with E-state index in [0.717, 1.165) is 42.0 Å². The summed E-state index contributed by atoms with van der Waals surface area (Å²) in [6.07, 6.45) is 3.85. The van der Waals surface area contributed by atoms with Crippen LogP contribution in [0.4, 0.5) is 0 Å². The van der Waals surface area contributed by atoms with Crippen LogP contribution in [-0.4, -0.2) is 33.3 Å². The quantitative estimate of drug-likeness (QED) is 0.917. The molecule has 0 amide bonds. The van der Waals surface area contributed by atoms with Crippen molar-refractivity contribution < 1.29 is 14.6 Å². The van der Waals surface area contributed by atoms with Gasteiger partial charge in [0.1, 0.15) is 5.82 Å². The topological polar surface area (TPSA) is 72.3 Å². The fourth-order valence-electron chi connectivity index (χ4n) is 3.58. The van der Waals surface area contributed by atoms with Crippen molar-refractivity contribution in [2.24, 2.45) is 0 Å². The van der Waals surface area contributed by atoms with E-state index in [-0.39, 0.29) is 12.0 Å². The Balaban J connectivity index is 1.94. The summed E-state index contributed by atoms with van der Waals surface area (Å²) < 4.78 is 5.86. The van der Waals surface area contributed by atoms with Crippen molar-refractivity contribution in [3.05, 3.63) is 22.8 Å². The van der Waals surface area contributed by atoms with E-state index in [1.54, 1.807) is 6.92 Å². The van der Waals surface area contributed by atoms with Crippen LogP contribution in [0.1, 0.15) is 60.8 Å². The molecule has 0 aliphatic carbocycles. The summed E-state index contributed by atoms with van der Waals surface area (Å²) in [6.45, 7) is 5.43. The minimum absolute atomic E-state index is 0.251. The average molecular weight is 276 g/mol. The van der Waals surface area contributed by atoms with Gasteiger partial charge < -0.3 is 9.84 Å². The lowest BCUT2D eigenvalue weighted by molar-refractivity contribution is -0.138. The number of carbonyl (C=O) groups is 1. The van der Waals surface area contributed by atoms with Crippen LogP contribution in [0, 0.1) is 13.8 Å². The highest BCUT2D eigenvalue weighted by Crippen LogP contribution is 2.43. The lowest BCUT2D eigenvalue weighted by Gasteiger charge is -2.20. The Labute approximate surface area is 118 Å². The van der Waals surface area contributed by atoms with Gasteiger partial charge in [-0.1, -0.05) is 0 Å². The van der Waals surface area contributed by atoms with Gasteiger partial charge in [-0.25, -0.2) is 9.97 Å². The zero-order valence-corrected chi connectivity index (χ0v) is 12.1. The van der Waals surface area contributed by atoms with Crippen LogP contribution in [0.5, 0.6) is 0 Å². The molecule has 2 bridgehead atoms. The van der Waals surface area contributed by atoms with E-state index >= 15 is 0 Å². The molecule has 20 heavy (non-hydrogen) atoms. The van der Waals surface area contributed by atoms with Crippen molar-refractivity contribution in [3.63, 3.8) is 0 Å². The predicted octanol–water partition coefficient (Wildman–Crippen LogP) is 2.32. The van der Waals surface area contributed by atoms with Crippen LogP contribution in [0.25, 0.3) is 0 Å². The molecule has 3 heterocycles. The minimum Gasteiger partial charge on any atom is -0.481 e. The molecule has 4 unspecified atom stereocenters. The Morgan fingerprint density at radius 3 is 2.40 bits per heavy atom. The molecule has 2 aliphatic heterocycles. The molecule has 108 valence electrons. The number of fused-ring (bicyclic) bond motifs is 2. The summed E-state index contributed by atoms with van der Waals surface area (Å²) in [7, 11) is 0. The summed E-state index contributed by atoms with van der Waals surface area (Å²) >= 11 is 0. The first-order chi connectivity index (χ1) is 9.47. The summed E-state index contributed by atoms with van der Waals surface area (Å²) in [6, 6.07) is 0. The zero-order valence-electron chi connectivity index (χ0n) is 12.1. The van der Waals surface area contributed by atoms with Gasteiger partial charge in [-0.3, -0.25) is 4.79 Å². The van der Waals surface area contributed by atoms with Crippen LogP contribution in [0.15, 0.2) is 0 Å². The third-order valence-corrected chi connectivity index (χ3v) is 4.59. The third kappa shape index (κ3) is 2.10. The molecule has 2 fully saturated rings. The Morgan fingerprint density at radius 1 is 1.30 bits per heavy atom. The number of hydrogen-bond donors (Lipinski definition) is 1. The standard InChI is InChI=1S/C15H20N2O3/c1-7(15(18)19)13-8(2)16-14(17-9(13)3)11-6-10-4-5-12(11)20-10/h7,10-12H,4-6H2,1-3H3,(H,18,19). The van der Waals surface area contributed by atoms with Gasteiger partial charge in [-0.2, -0.15) is 0 Å². The van der Waals surface area contributed by atoms with Gasteiger partial charge in [-0.15, -0.1) is 0 Å². The molecule has 0 aromatic carbocycles. The molecular weight excluding hydrogens is 256 g/mol. The van der Waals surface area contributed by atoms with E-state index in [1.807, 2.05) is 13.8 Å². The van der Waals surface area contributed by atoms with Crippen molar-refractivity contribution in [1.29, 1.82) is 0 Å². The summed E-state index contributed by atoms with van der Waals surface area (Å²) in [4.78, 5) is 20.3. The molecular formula is C15H20N2O3. The van der Waals surface area contributed by atoms with E-state index in [9.17, 15) is 9.90 Å². The predicted molar refractivity (Wildman–Crippen MR) is 72.8 cm³/mol. The molecule has 0 saturated carbocycles. The van der Waals surface area contributed by atoms with E-state index in [0.29, 0.717) is 6.10 Å². The molecule has 5 heteroatoms. The number of aryl methyl sites for hydroxylation is 2. The highest BCUT2D eigenvalue weighted by atomic mass is 16.5. The van der Waals surface area contributed by atoms with Gasteiger partial charge >= 0.3 is 5.97 Å². The van der Waals surface area contributed by atoms with E-state index < -0.39 is 11.9 Å². The fraction of sp³-hybridized carbons (Fsp3) is 0.667. The lowest BCUT2D eigenvalue weighted by Crippen LogP contribution is -2.20. The van der Waals surface area contributed by atoms with Crippen molar-refractivity contribution >= 4 is 5.97 Å². The van der Waals surface area contributed by atoms with Crippen LogP contribution in [0.3, 0.4) is 0 Å². The number of nitrogens with zero attached hydrogens (tertiary/aromatic N) is 2. The van der Waals surface area contributed by atoms with Crippen LogP contribution in [0.2, 0.25) is 0 Å². The van der Waals surface area contributed by atoms with Gasteiger partial charge in [-0.05, 0) is 40.0 Å². The second kappa shape index (κ2) is 4.81. The molecule has 0 radical (unpaired) electrons. The average Bonchev–Trinajstić information content (AvgIpc) is 2.99. The van der Waals surface area contributed by atoms with Crippen molar-refractivity contribution in [2.75, 3.05) is 0 Å². The summed E-state index contributed by atoms with van der Waals surface area (Å²) in [5.74, 6) is -0.301. The van der Waals surface area contributed by atoms with Crippen LogP contribution in [-0.2, 0) is 9.53 Å². The van der Waals surface area contributed by atoms with Gasteiger partial charge in [0, 0.05) is 22.9 Å². The second-order valence-electron chi connectivity index (χ2n) is 5.94. The number of aliphatic carboxylic acids is 1. The molecule has 4 atom stereocenters. The molecule has 0 spiro atoms. The first-order valence-electron chi connectivity index (χ1n) is 7.20. The maximum absolute atomic E-state index is 11.2.